The van der Waals surface area contributed by atoms with E-state index in [1.54, 1.807) is 42.7 Å². The molecule has 1 aliphatic rings. The number of hydrogen-bond acceptors (Lipinski definition) is 8. The zero-order valence-corrected chi connectivity index (χ0v) is 20.2. The zero-order valence-electron chi connectivity index (χ0n) is 20.2. The van der Waals surface area contributed by atoms with Gasteiger partial charge in [-0.25, -0.2) is 14.1 Å². The highest BCUT2D eigenvalue weighted by atomic mass is 19.1. The molecule has 38 heavy (non-hydrogen) atoms. The molecular formula is C27H24FN7O3. The fourth-order valence-electron chi connectivity index (χ4n) is 4.22. The first kappa shape index (κ1) is 24.9. The van der Waals surface area contributed by atoms with E-state index >= 15 is 0 Å². The predicted octanol–water partition coefficient (Wildman–Crippen LogP) is 3.29. The third kappa shape index (κ3) is 5.05. The highest BCUT2D eigenvalue weighted by Crippen LogP contribution is 2.28. The number of para-hydroxylation sites is 1. The highest BCUT2D eigenvalue weighted by molar-refractivity contribution is 6.00. The van der Waals surface area contributed by atoms with Gasteiger partial charge in [0.15, 0.2) is 5.69 Å². The van der Waals surface area contributed by atoms with Crippen LogP contribution in [-0.4, -0.2) is 54.9 Å². The smallest absolute Gasteiger partial charge is 0.309 e. The number of aliphatic imine (C=N–C) groups is 1. The van der Waals surface area contributed by atoms with E-state index in [1.807, 2.05) is 24.3 Å². The molecule has 1 saturated heterocycles. The van der Waals surface area contributed by atoms with Gasteiger partial charge < -0.3 is 9.94 Å². The lowest BCUT2D eigenvalue weighted by atomic mass is 9.99. The average Bonchev–Trinajstić information content (AvgIpc) is 3.34. The van der Waals surface area contributed by atoms with E-state index in [2.05, 4.69) is 31.8 Å². The number of pyridine rings is 1. The molecule has 1 aliphatic heterocycles. The molecular weight excluding hydrogens is 489 g/mol. The summed E-state index contributed by atoms with van der Waals surface area (Å²) in [4.78, 5) is 26.7. The minimum Gasteiger partial charge on any atom is -0.481 e. The van der Waals surface area contributed by atoms with E-state index in [0.29, 0.717) is 36.6 Å². The second-order valence-corrected chi connectivity index (χ2v) is 8.79. The van der Waals surface area contributed by atoms with E-state index in [-0.39, 0.29) is 23.2 Å². The summed E-state index contributed by atoms with van der Waals surface area (Å²) in [5.74, 6) is 4.02. The van der Waals surface area contributed by atoms with Crippen LogP contribution in [0.2, 0.25) is 0 Å². The number of benzene rings is 2. The molecule has 0 aliphatic carbocycles. The molecule has 0 bridgehead atoms. The largest absolute Gasteiger partial charge is 0.481 e. The second kappa shape index (κ2) is 10.7. The number of aliphatic carboxylic acids is 1. The van der Waals surface area contributed by atoms with Gasteiger partial charge in [0, 0.05) is 37.6 Å². The van der Waals surface area contributed by atoms with Crippen molar-refractivity contribution >= 4 is 17.6 Å². The van der Waals surface area contributed by atoms with E-state index in [4.69, 9.17) is 15.8 Å². The van der Waals surface area contributed by atoms with Crippen LogP contribution in [0, 0.1) is 11.7 Å². The van der Waals surface area contributed by atoms with E-state index in [9.17, 15) is 9.18 Å². The summed E-state index contributed by atoms with van der Waals surface area (Å²) in [6.07, 6.45) is 3.20. The van der Waals surface area contributed by atoms with Gasteiger partial charge in [0.05, 0.1) is 11.6 Å². The van der Waals surface area contributed by atoms with Crippen molar-refractivity contribution in [2.24, 2.45) is 16.8 Å². The molecule has 0 saturated carbocycles. The maximum Gasteiger partial charge on any atom is 0.309 e. The van der Waals surface area contributed by atoms with Crippen LogP contribution in [0.5, 0.6) is 0 Å². The summed E-state index contributed by atoms with van der Waals surface area (Å²) in [7, 11) is 0. The number of carboxylic acid groups (broad SMARTS) is 1. The number of nitrogens with zero attached hydrogens (tertiary/aromatic N) is 6. The lowest BCUT2D eigenvalue weighted by molar-refractivity contribution is -0.147. The van der Waals surface area contributed by atoms with Gasteiger partial charge in [-0.05, 0) is 35.4 Å². The van der Waals surface area contributed by atoms with Gasteiger partial charge in [-0.15, -0.1) is 5.10 Å². The van der Waals surface area contributed by atoms with E-state index in [0.717, 1.165) is 11.1 Å². The Kier molecular flexibility index (Phi) is 7.03. The molecule has 0 unspecified atom stereocenters. The lowest BCUT2D eigenvalue weighted by Crippen LogP contribution is -2.49. The number of nitrogens with two attached hydrogens (primary N) is 1. The minimum atomic E-state index is -0.760. The van der Waals surface area contributed by atoms with Crippen LogP contribution < -0.4 is 5.90 Å². The van der Waals surface area contributed by atoms with Crippen LogP contribution in [0.1, 0.15) is 16.8 Å². The van der Waals surface area contributed by atoms with Gasteiger partial charge in [-0.2, -0.15) is 5.90 Å². The molecule has 192 valence electrons. The molecule has 0 spiro atoms. The Morgan fingerprint density at radius 2 is 1.84 bits per heavy atom. The Labute approximate surface area is 217 Å². The molecule has 2 aromatic heterocycles. The standard InChI is InChI=1S/C27H24FN7O3/c1-17(19-8-6-18(7-9-19)14-34-15-21(16-34)27(36)37)31-26(38-29)24-25(20-10-12-30-13-11-20)35(33-32-24)23-5-3-2-4-22(23)28/h2-13,21H,1,14-16,29H2,(H,36,37)/b31-26-. The van der Waals surface area contributed by atoms with Crippen molar-refractivity contribution in [2.75, 3.05) is 13.1 Å². The van der Waals surface area contributed by atoms with E-state index < -0.39 is 11.8 Å². The molecule has 5 rings (SSSR count). The number of likely N-dealkylation sites (tertiary alicyclic amines) is 1. The fourth-order valence-corrected chi connectivity index (χ4v) is 4.22. The summed E-state index contributed by atoms with van der Waals surface area (Å²) >= 11 is 0. The SMILES string of the molecule is C=C(/N=C(\ON)c1nnn(-c2ccccc2F)c1-c1ccncc1)c1ccc(CN2CC(C(=O)O)C2)cc1. The molecule has 0 atom stereocenters. The summed E-state index contributed by atoms with van der Waals surface area (Å²) < 4.78 is 16.0. The first-order valence-electron chi connectivity index (χ1n) is 11.7. The number of rotatable bonds is 8. The third-order valence-electron chi connectivity index (χ3n) is 6.26. The fraction of sp³-hybridized carbons (Fsp3) is 0.148. The maximum atomic E-state index is 14.7. The van der Waals surface area contributed by atoms with Crippen molar-refractivity contribution < 1.29 is 19.1 Å². The molecule has 3 heterocycles. The number of halogens is 1. The van der Waals surface area contributed by atoms with Crippen LogP contribution in [0.25, 0.3) is 22.6 Å². The molecule has 11 heteroatoms. The Hall–Kier alpha value is -4.74. The van der Waals surface area contributed by atoms with Crippen molar-refractivity contribution in [1.82, 2.24) is 24.9 Å². The van der Waals surface area contributed by atoms with Crippen molar-refractivity contribution in [3.63, 3.8) is 0 Å². The number of carbonyl (C=O) groups is 1. The van der Waals surface area contributed by atoms with Gasteiger partial charge in [-0.1, -0.05) is 48.2 Å². The normalized spacial score (nSPS) is 14.2. The number of aromatic nitrogens is 4. The summed E-state index contributed by atoms with van der Waals surface area (Å²) in [6.45, 7) is 5.78. The van der Waals surface area contributed by atoms with Gasteiger partial charge >= 0.3 is 5.97 Å². The second-order valence-electron chi connectivity index (χ2n) is 8.79. The molecule has 1 fully saturated rings. The molecule has 3 N–H and O–H groups in total. The molecule has 10 nitrogen and oxygen atoms in total. The zero-order chi connectivity index (χ0) is 26.6. The van der Waals surface area contributed by atoms with E-state index in [1.165, 1.54) is 10.7 Å². The minimum absolute atomic E-state index is 0.0474. The molecule has 2 aromatic carbocycles. The Morgan fingerprint density at radius 1 is 1.13 bits per heavy atom. The predicted molar refractivity (Wildman–Crippen MR) is 138 cm³/mol. The summed E-state index contributed by atoms with van der Waals surface area (Å²) in [5, 5.41) is 17.4. The lowest BCUT2D eigenvalue weighted by Gasteiger charge is -2.36. The van der Waals surface area contributed by atoms with Crippen LogP contribution >= 0.6 is 0 Å². The summed E-state index contributed by atoms with van der Waals surface area (Å²) in [6, 6.07) is 17.3. The molecule has 0 radical (unpaired) electrons. The molecule has 4 aromatic rings. The van der Waals surface area contributed by atoms with Gasteiger partial charge in [-0.3, -0.25) is 14.7 Å². The van der Waals surface area contributed by atoms with Crippen LogP contribution in [0.4, 0.5) is 4.39 Å². The van der Waals surface area contributed by atoms with Gasteiger partial charge in [0.1, 0.15) is 17.2 Å². The molecule has 0 amide bonds. The topological polar surface area (TPSA) is 132 Å². The first-order chi connectivity index (χ1) is 18.4. The Balaban J connectivity index is 1.42. The third-order valence-corrected chi connectivity index (χ3v) is 6.26. The van der Waals surface area contributed by atoms with Gasteiger partial charge in [0.25, 0.3) is 5.90 Å². The van der Waals surface area contributed by atoms with Crippen LogP contribution in [0.3, 0.4) is 0 Å². The van der Waals surface area contributed by atoms with Crippen molar-refractivity contribution in [1.29, 1.82) is 0 Å². The Morgan fingerprint density at radius 3 is 2.50 bits per heavy atom. The number of hydrogen-bond donors (Lipinski definition) is 2. The summed E-state index contributed by atoms with van der Waals surface area (Å²) in [5.41, 5.74) is 3.59. The van der Waals surface area contributed by atoms with Crippen molar-refractivity contribution in [3.05, 3.63) is 102 Å². The first-order valence-corrected chi connectivity index (χ1v) is 11.7. The van der Waals surface area contributed by atoms with Crippen LogP contribution in [0.15, 0.2) is 84.6 Å². The van der Waals surface area contributed by atoms with Crippen molar-refractivity contribution in [2.45, 2.75) is 6.54 Å². The highest BCUT2D eigenvalue weighted by Gasteiger charge is 2.32. The van der Waals surface area contributed by atoms with Crippen molar-refractivity contribution in [3.8, 4) is 16.9 Å². The number of carboxylic acids is 1. The monoisotopic (exact) mass is 513 g/mol. The maximum absolute atomic E-state index is 14.7. The van der Waals surface area contributed by atoms with Crippen LogP contribution in [-0.2, 0) is 16.2 Å². The Bertz CT molecular complexity index is 1500. The average molecular weight is 514 g/mol. The quantitative estimate of drug-likeness (QED) is 0.208. The van der Waals surface area contributed by atoms with Gasteiger partial charge in [0.2, 0.25) is 0 Å².